The Balaban J connectivity index is 2.20. The Hall–Kier alpha value is -0.220. The van der Waals surface area contributed by atoms with Gasteiger partial charge in [0.05, 0.1) is 0 Å². The van der Waals surface area contributed by atoms with Crippen LogP contribution in [0, 0.1) is 0 Å². The minimum atomic E-state index is 0.296. The summed E-state index contributed by atoms with van der Waals surface area (Å²) in [5, 5.41) is 0.792. The summed E-state index contributed by atoms with van der Waals surface area (Å²) in [5.74, 6) is 2.39. The van der Waals surface area contributed by atoms with E-state index in [9.17, 15) is 0 Å². The number of halogens is 1. The number of rotatable bonds is 3. The van der Waals surface area contributed by atoms with Crippen LogP contribution in [0.1, 0.15) is 18.5 Å². The molecule has 2 N–H and O–H groups in total. The summed E-state index contributed by atoms with van der Waals surface area (Å²) in [5.41, 5.74) is 7.19. The van der Waals surface area contributed by atoms with E-state index in [2.05, 4.69) is 17.9 Å². The van der Waals surface area contributed by atoms with Crippen LogP contribution in [0.2, 0.25) is 5.02 Å². The Morgan fingerprint density at radius 2 is 2.41 bits per heavy atom. The van der Waals surface area contributed by atoms with Gasteiger partial charge in [-0.3, -0.25) is 4.90 Å². The van der Waals surface area contributed by atoms with E-state index in [4.69, 9.17) is 17.3 Å². The van der Waals surface area contributed by atoms with Crippen LogP contribution < -0.4 is 5.73 Å². The highest BCUT2D eigenvalue weighted by molar-refractivity contribution is 7.99. The monoisotopic (exact) mass is 270 g/mol. The number of thioether (sulfide) groups is 1. The van der Waals surface area contributed by atoms with Gasteiger partial charge in [0.1, 0.15) is 0 Å². The second kappa shape index (κ2) is 6.10. The summed E-state index contributed by atoms with van der Waals surface area (Å²) in [4.78, 5) is 2.50. The molecule has 1 saturated heterocycles. The van der Waals surface area contributed by atoms with Crippen LogP contribution in [0.5, 0.6) is 0 Å². The van der Waals surface area contributed by atoms with Crippen molar-refractivity contribution >= 4 is 23.4 Å². The molecule has 4 heteroatoms. The van der Waals surface area contributed by atoms with E-state index in [-0.39, 0.29) is 0 Å². The summed E-state index contributed by atoms with van der Waals surface area (Å²) in [6.45, 7) is 4.04. The van der Waals surface area contributed by atoms with Crippen LogP contribution in [0.4, 0.5) is 0 Å². The maximum Gasteiger partial charge on any atom is 0.0474 e. The lowest BCUT2D eigenvalue weighted by Crippen LogP contribution is -2.45. The Labute approximate surface area is 113 Å². The highest BCUT2D eigenvalue weighted by Gasteiger charge is 2.26. The Morgan fingerprint density at radius 3 is 3.06 bits per heavy atom. The molecule has 17 heavy (non-hydrogen) atoms. The lowest BCUT2D eigenvalue weighted by atomic mass is 10.0. The Bertz CT molecular complexity index is 372. The van der Waals surface area contributed by atoms with Crippen molar-refractivity contribution < 1.29 is 0 Å². The highest BCUT2D eigenvalue weighted by Crippen LogP contribution is 2.28. The molecule has 1 aromatic carbocycles. The smallest absolute Gasteiger partial charge is 0.0474 e. The first-order chi connectivity index (χ1) is 8.22. The van der Waals surface area contributed by atoms with Crippen LogP contribution in [-0.4, -0.2) is 35.5 Å². The summed E-state index contributed by atoms with van der Waals surface area (Å²) >= 11 is 8.08. The number of hydrogen-bond acceptors (Lipinski definition) is 3. The third kappa shape index (κ3) is 3.16. The van der Waals surface area contributed by atoms with E-state index < -0.39 is 0 Å². The van der Waals surface area contributed by atoms with Gasteiger partial charge in [0.25, 0.3) is 0 Å². The SMILES string of the molecule is CC1CSCCN1C(CN)c1cccc(Cl)c1. The third-order valence-electron chi connectivity index (χ3n) is 3.28. The van der Waals surface area contributed by atoms with E-state index in [1.54, 1.807) is 0 Å². The van der Waals surface area contributed by atoms with Crippen molar-refractivity contribution in [2.75, 3.05) is 24.6 Å². The molecular weight excluding hydrogens is 252 g/mol. The topological polar surface area (TPSA) is 29.3 Å². The van der Waals surface area contributed by atoms with Crippen LogP contribution in [0.15, 0.2) is 24.3 Å². The molecule has 0 aliphatic carbocycles. The highest BCUT2D eigenvalue weighted by atomic mass is 35.5. The van der Waals surface area contributed by atoms with E-state index in [1.807, 2.05) is 30.0 Å². The van der Waals surface area contributed by atoms with Crippen LogP contribution in [0.25, 0.3) is 0 Å². The van der Waals surface area contributed by atoms with E-state index in [1.165, 1.54) is 17.1 Å². The first-order valence-electron chi connectivity index (χ1n) is 6.01. The zero-order valence-electron chi connectivity index (χ0n) is 10.1. The zero-order valence-corrected chi connectivity index (χ0v) is 11.7. The van der Waals surface area contributed by atoms with Gasteiger partial charge in [0.15, 0.2) is 0 Å². The molecule has 0 saturated carbocycles. The zero-order chi connectivity index (χ0) is 12.3. The lowest BCUT2D eigenvalue weighted by molar-refractivity contribution is 0.166. The van der Waals surface area contributed by atoms with Crippen molar-refractivity contribution in [3.05, 3.63) is 34.9 Å². The largest absolute Gasteiger partial charge is 0.329 e. The second-order valence-electron chi connectivity index (χ2n) is 4.47. The van der Waals surface area contributed by atoms with Gasteiger partial charge in [0.2, 0.25) is 0 Å². The molecular formula is C13H19ClN2S. The minimum absolute atomic E-state index is 0.296. The van der Waals surface area contributed by atoms with Crippen LogP contribution >= 0.6 is 23.4 Å². The Morgan fingerprint density at radius 1 is 1.59 bits per heavy atom. The van der Waals surface area contributed by atoms with Gasteiger partial charge < -0.3 is 5.73 Å². The molecule has 1 fully saturated rings. The fraction of sp³-hybridized carbons (Fsp3) is 0.538. The standard InChI is InChI=1S/C13H19ClN2S/c1-10-9-17-6-5-16(10)13(8-15)11-3-2-4-12(14)7-11/h2-4,7,10,13H,5-6,8-9,15H2,1H3. The van der Waals surface area contributed by atoms with Gasteiger partial charge in [-0.1, -0.05) is 23.7 Å². The van der Waals surface area contributed by atoms with Gasteiger partial charge >= 0.3 is 0 Å². The van der Waals surface area contributed by atoms with E-state index >= 15 is 0 Å². The molecule has 2 nitrogen and oxygen atoms in total. The molecule has 94 valence electrons. The molecule has 0 amide bonds. The molecule has 0 bridgehead atoms. The van der Waals surface area contributed by atoms with Crippen molar-refractivity contribution in [3.63, 3.8) is 0 Å². The molecule has 0 radical (unpaired) electrons. The molecule has 2 atom stereocenters. The van der Waals surface area contributed by atoms with E-state index in [0.29, 0.717) is 18.6 Å². The molecule has 1 aromatic rings. The number of nitrogens with zero attached hydrogens (tertiary/aromatic N) is 1. The fourth-order valence-electron chi connectivity index (χ4n) is 2.38. The molecule has 2 unspecified atom stereocenters. The van der Waals surface area contributed by atoms with Crippen molar-refractivity contribution in [2.45, 2.75) is 19.0 Å². The summed E-state index contributed by atoms with van der Waals surface area (Å²) in [6.07, 6.45) is 0. The molecule has 0 spiro atoms. The van der Waals surface area contributed by atoms with Crippen LogP contribution in [-0.2, 0) is 0 Å². The molecule has 0 aromatic heterocycles. The van der Waals surface area contributed by atoms with Crippen molar-refractivity contribution in [1.82, 2.24) is 4.90 Å². The third-order valence-corrected chi connectivity index (χ3v) is 4.70. The van der Waals surface area contributed by atoms with E-state index in [0.717, 1.165) is 11.6 Å². The molecule has 1 heterocycles. The summed E-state index contributed by atoms with van der Waals surface area (Å²) < 4.78 is 0. The predicted molar refractivity (Wildman–Crippen MR) is 76.7 cm³/mol. The summed E-state index contributed by atoms with van der Waals surface area (Å²) in [6, 6.07) is 8.95. The van der Waals surface area contributed by atoms with Crippen LogP contribution in [0.3, 0.4) is 0 Å². The average molecular weight is 271 g/mol. The fourth-order valence-corrected chi connectivity index (χ4v) is 3.62. The quantitative estimate of drug-likeness (QED) is 0.916. The molecule has 1 aliphatic rings. The maximum absolute atomic E-state index is 6.06. The van der Waals surface area contributed by atoms with Gasteiger partial charge in [-0.25, -0.2) is 0 Å². The van der Waals surface area contributed by atoms with Crippen molar-refractivity contribution in [2.24, 2.45) is 5.73 Å². The number of benzene rings is 1. The molecule has 2 rings (SSSR count). The lowest BCUT2D eigenvalue weighted by Gasteiger charge is -2.39. The van der Waals surface area contributed by atoms with Crippen molar-refractivity contribution in [1.29, 1.82) is 0 Å². The second-order valence-corrected chi connectivity index (χ2v) is 6.05. The van der Waals surface area contributed by atoms with Gasteiger partial charge in [-0.2, -0.15) is 11.8 Å². The van der Waals surface area contributed by atoms with Gasteiger partial charge in [-0.05, 0) is 24.6 Å². The number of nitrogens with two attached hydrogens (primary N) is 1. The first-order valence-corrected chi connectivity index (χ1v) is 7.54. The Kier molecular flexibility index (Phi) is 4.74. The summed E-state index contributed by atoms with van der Waals surface area (Å²) in [7, 11) is 0. The average Bonchev–Trinajstić information content (AvgIpc) is 2.33. The minimum Gasteiger partial charge on any atom is -0.329 e. The van der Waals surface area contributed by atoms with Gasteiger partial charge in [0, 0.05) is 41.7 Å². The predicted octanol–water partition coefficient (Wildman–Crippen LogP) is 2.78. The van der Waals surface area contributed by atoms with Crippen molar-refractivity contribution in [3.8, 4) is 0 Å². The maximum atomic E-state index is 6.06. The first kappa shape index (κ1) is 13.2. The normalized spacial score (nSPS) is 23.6. The van der Waals surface area contributed by atoms with Gasteiger partial charge in [-0.15, -0.1) is 0 Å². The number of hydrogen-bond donors (Lipinski definition) is 1. The molecule has 1 aliphatic heterocycles.